The van der Waals surface area contributed by atoms with Crippen LogP contribution >= 0.6 is 11.6 Å². The lowest BCUT2D eigenvalue weighted by molar-refractivity contribution is -0.140. The van der Waals surface area contributed by atoms with E-state index in [0.717, 1.165) is 42.0 Å². The maximum absolute atomic E-state index is 14.3. The largest absolute Gasteiger partial charge is 0.497 e. The number of halogens is 1. The summed E-state index contributed by atoms with van der Waals surface area (Å²) in [6.45, 7) is 1.38. The van der Waals surface area contributed by atoms with Gasteiger partial charge in [-0.15, -0.1) is 0 Å². The minimum Gasteiger partial charge on any atom is -0.497 e. The van der Waals surface area contributed by atoms with E-state index >= 15 is 0 Å². The zero-order valence-corrected chi connectivity index (χ0v) is 26.9. The second-order valence-electron chi connectivity index (χ2n) is 10.8. The highest BCUT2D eigenvalue weighted by molar-refractivity contribution is 7.92. The second kappa shape index (κ2) is 15.3. The molecule has 0 heterocycles. The zero-order chi connectivity index (χ0) is 31.7. The Labute approximate surface area is 265 Å². The average Bonchev–Trinajstić information content (AvgIpc) is 3.03. The number of hydrogen-bond acceptors (Lipinski definition) is 6. The topological polar surface area (TPSA) is 105 Å². The summed E-state index contributed by atoms with van der Waals surface area (Å²) in [6, 6.07) is 18.8. The molecular weight excluding hydrogens is 602 g/mol. The summed E-state index contributed by atoms with van der Waals surface area (Å²) in [7, 11) is -1.18. The van der Waals surface area contributed by atoms with E-state index in [2.05, 4.69) is 5.32 Å². The summed E-state index contributed by atoms with van der Waals surface area (Å²) in [5.74, 6) is 0.323. The number of sulfonamides is 1. The van der Waals surface area contributed by atoms with Crippen LogP contribution in [0.4, 0.5) is 5.69 Å². The molecule has 0 aromatic heterocycles. The van der Waals surface area contributed by atoms with Gasteiger partial charge in [-0.25, -0.2) is 8.42 Å². The van der Waals surface area contributed by atoms with Crippen molar-refractivity contribution in [2.75, 3.05) is 25.1 Å². The molecule has 44 heavy (non-hydrogen) atoms. The standard InChI is InChI=1S/C33H40ClN3O6S/c1-4-31(33(39)35-26-12-6-5-7-13-26)36(22-24-10-8-15-29(20-24)43-3)32(38)23-37(27-14-9-11-25(34)21-27)44(40,41)30-18-16-28(42-2)17-19-30/h8-11,14-21,26,31H,4-7,12-13,22-23H2,1-3H3,(H,35,39). The Morgan fingerprint density at radius 2 is 1.61 bits per heavy atom. The summed E-state index contributed by atoms with van der Waals surface area (Å²) in [4.78, 5) is 29.4. The van der Waals surface area contributed by atoms with Gasteiger partial charge in [0.25, 0.3) is 10.0 Å². The Bertz CT molecular complexity index is 1530. The van der Waals surface area contributed by atoms with Crippen LogP contribution in [0, 0.1) is 0 Å². The summed E-state index contributed by atoms with van der Waals surface area (Å²) < 4.78 is 39.7. The third kappa shape index (κ3) is 8.24. The molecule has 0 radical (unpaired) electrons. The first-order valence-corrected chi connectivity index (χ1v) is 16.6. The van der Waals surface area contributed by atoms with Gasteiger partial charge in [0, 0.05) is 17.6 Å². The van der Waals surface area contributed by atoms with Gasteiger partial charge < -0.3 is 19.7 Å². The molecular formula is C33H40ClN3O6S. The number of amides is 2. The molecule has 0 saturated heterocycles. The number of anilines is 1. The highest BCUT2D eigenvalue weighted by Crippen LogP contribution is 2.28. The number of carbonyl (C=O) groups is 2. The van der Waals surface area contributed by atoms with Gasteiger partial charge in [0.1, 0.15) is 24.1 Å². The molecule has 2 amide bonds. The molecule has 1 unspecified atom stereocenters. The molecule has 4 rings (SSSR count). The minimum atomic E-state index is -4.23. The van der Waals surface area contributed by atoms with Gasteiger partial charge in [0.05, 0.1) is 24.8 Å². The number of methoxy groups -OCH3 is 2. The van der Waals surface area contributed by atoms with Crippen LogP contribution in [-0.4, -0.2) is 58.0 Å². The minimum absolute atomic E-state index is 0.0208. The lowest BCUT2D eigenvalue weighted by Gasteiger charge is -2.34. The van der Waals surface area contributed by atoms with Gasteiger partial charge in [0.15, 0.2) is 0 Å². The predicted molar refractivity (Wildman–Crippen MR) is 172 cm³/mol. The van der Waals surface area contributed by atoms with E-state index in [1.165, 1.54) is 30.2 Å². The summed E-state index contributed by atoms with van der Waals surface area (Å²) in [6.07, 6.45) is 5.38. The lowest BCUT2D eigenvalue weighted by atomic mass is 9.95. The maximum Gasteiger partial charge on any atom is 0.264 e. The van der Waals surface area contributed by atoms with Crippen molar-refractivity contribution in [2.45, 2.75) is 69.0 Å². The number of hydrogen-bond donors (Lipinski definition) is 1. The molecule has 1 aliphatic rings. The number of carbonyl (C=O) groups excluding carboxylic acids is 2. The van der Waals surface area contributed by atoms with Crippen LogP contribution in [-0.2, 0) is 26.2 Å². The highest BCUT2D eigenvalue weighted by atomic mass is 35.5. The third-order valence-corrected chi connectivity index (χ3v) is 9.87. The zero-order valence-electron chi connectivity index (χ0n) is 25.4. The van der Waals surface area contributed by atoms with Gasteiger partial charge in [0.2, 0.25) is 11.8 Å². The van der Waals surface area contributed by atoms with Crippen molar-refractivity contribution >= 4 is 39.1 Å². The monoisotopic (exact) mass is 641 g/mol. The fraction of sp³-hybridized carbons (Fsp3) is 0.394. The van der Waals surface area contributed by atoms with E-state index in [1.54, 1.807) is 49.6 Å². The number of ether oxygens (including phenoxy) is 2. The van der Waals surface area contributed by atoms with Gasteiger partial charge >= 0.3 is 0 Å². The Hall–Kier alpha value is -3.76. The van der Waals surface area contributed by atoms with E-state index in [-0.39, 0.29) is 29.1 Å². The smallest absolute Gasteiger partial charge is 0.264 e. The molecule has 0 aliphatic heterocycles. The van der Waals surface area contributed by atoms with Crippen LogP contribution in [0.5, 0.6) is 11.5 Å². The van der Waals surface area contributed by atoms with Crippen molar-refractivity contribution in [3.05, 3.63) is 83.4 Å². The van der Waals surface area contributed by atoms with Crippen LogP contribution in [0.3, 0.4) is 0 Å². The molecule has 9 nitrogen and oxygen atoms in total. The van der Waals surface area contributed by atoms with Crippen LogP contribution in [0.25, 0.3) is 0 Å². The first kappa shape index (κ1) is 33.1. The summed E-state index contributed by atoms with van der Waals surface area (Å²) >= 11 is 6.27. The molecule has 236 valence electrons. The lowest BCUT2D eigenvalue weighted by Crippen LogP contribution is -2.54. The molecule has 1 N–H and O–H groups in total. The number of nitrogens with zero attached hydrogens (tertiary/aromatic N) is 2. The maximum atomic E-state index is 14.3. The van der Waals surface area contributed by atoms with Gasteiger partial charge in [-0.1, -0.05) is 56.0 Å². The molecule has 11 heteroatoms. The van der Waals surface area contributed by atoms with Gasteiger partial charge in [-0.2, -0.15) is 0 Å². The molecule has 1 fully saturated rings. The molecule has 3 aromatic carbocycles. The van der Waals surface area contributed by atoms with E-state index in [1.807, 2.05) is 19.1 Å². The number of nitrogens with one attached hydrogen (secondary N) is 1. The van der Waals surface area contributed by atoms with Gasteiger partial charge in [-0.3, -0.25) is 13.9 Å². The van der Waals surface area contributed by atoms with E-state index in [4.69, 9.17) is 21.1 Å². The summed E-state index contributed by atoms with van der Waals surface area (Å²) in [5.41, 5.74) is 0.969. The molecule has 1 atom stereocenters. The van der Waals surface area contributed by atoms with Crippen LogP contribution < -0.4 is 19.1 Å². The second-order valence-corrected chi connectivity index (χ2v) is 13.1. The first-order valence-electron chi connectivity index (χ1n) is 14.8. The molecule has 0 spiro atoms. The van der Waals surface area contributed by atoms with E-state index in [9.17, 15) is 18.0 Å². The Morgan fingerprint density at radius 3 is 2.25 bits per heavy atom. The fourth-order valence-corrected chi connectivity index (χ4v) is 7.06. The summed E-state index contributed by atoms with van der Waals surface area (Å²) in [5, 5.41) is 3.47. The highest BCUT2D eigenvalue weighted by Gasteiger charge is 2.34. The Balaban J connectivity index is 1.72. The molecule has 3 aromatic rings. The molecule has 1 saturated carbocycles. The van der Waals surface area contributed by atoms with Crippen LogP contribution in [0.1, 0.15) is 51.0 Å². The van der Waals surface area contributed by atoms with Crippen molar-refractivity contribution in [2.24, 2.45) is 0 Å². The Kier molecular flexibility index (Phi) is 11.5. The van der Waals surface area contributed by atoms with Crippen molar-refractivity contribution in [3.63, 3.8) is 0 Å². The van der Waals surface area contributed by atoms with Crippen molar-refractivity contribution < 1.29 is 27.5 Å². The quantitative estimate of drug-likeness (QED) is 0.253. The Morgan fingerprint density at radius 1 is 0.932 bits per heavy atom. The van der Waals surface area contributed by atoms with Crippen LogP contribution in [0.15, 0.2) is 77.7 Å². The number of benzene rings is 3. The SMILES string of the molecule is CCC(C(=O)NC1CCCCC1)N(Cc1cccc(OC)c1)C(=O)CN(c1cccc(Cl)c1)S(=O)(=O)c1ccc(OC)cc1. The van der Waals surface area contributed by atoms with Gasteiger partial charge in [-0.05, 0) is 79.4 Å². The predicted octanol–water partition coefficient (Wildman–Crippen LogP) is 5.81. The number of rotatable bonds is 13. The third-order valence-electron chi connectivity index (χ3n) is 7.85. The first-order chi connectivity index (χ1) is 21.2. The molecule has 0 bridgehead atoms. The fourth-order valence-electron chi connectivity index (χ4n) is 5.47. The average molecular weight is 642 g/mol. The van der Waals surface area contributed by atoms with E-state index < -0.39 is 28.5 Å². The van der Waals surface area contributed by atoms with E-state index in [0.29, 0.717) is 22.9 Å². The van der Waals surface area contributed by atoms with Crippen molar-refractivity contribution in [1.29, 1.82) is 0 Å². The normalized spacial score (nSPS) is 14.4. The molecule has 1 aliphatic carbocycles. The van der Waals surface area contributed by atoms with Crippen LogP contribution in [0.2, 0.25) is 5.02 Å². The van der Waals surface area contributed by atoms with Crippen molar-refractivity contribution in [1.82, 2.24) is 10.2 Å². The van der Waals surface area contributed by atoms with Crippen molar-refractivity contribution in [3.8, 4) is 11.5 Å².